The smallest absolute Gasteiger partial charge is 0.335 e. The number of carbonyl (C=O) groups is 1. The maximum atomic E-state index is 11.2. The van der Waals surface area contributed by atoms with Crippen molar-refractivity contribution in [1.82, 2.24) is 0 Å². The molecule has 0 radical (unpaired) electrons. The molecule has 0 spiro atoms. The minimum absolute atomic E-state index is 0.0497. The van der Waals surface area contributed by atoms with Crippen LogP contribution in [-0.2, 0) is 4.43 Å². The lowest BCUT2D eigenvalue weighted by Crippen LogP contribution is -2.45. The van der Waals surface area contributed by atoms with Crippen molar-refractivity contribution in [2.24, 2.45) is 5.92 Å². The Morgan fingerprint density at radius 3 is 2.19 bits per heavy atom. The van der Waals surface area contributed by atoms with Crippen LogP contribution in [-0.4, -0.2) is 32.5 Å². The summed E-state index contributed by atoms with van der Waals surface area (Å²) in [7, 11) is -2.09. The van der Waals surface area contributed by atoms with Crippen LogP contribution >= 0.6 is 11.6 Å². The molecule has 1 saturated heterocycles. The summed E-state index contributed by atoms with van der Waals surface area (Å²) in [6.07, 6.45) is 1.92. The number of nitrogens with zero attached hydrogens (tertiary/aromatic N) is 1. The van der Waals surface area contributed by atoms with Gasteiger partial charge in [0.25, 0.3) is 0 Å². The minimum atomic E-state index is -2.09. The number of anilines is 1. The van der Waals surface area contributed by atoms with Gasteiger partial charge < -0.3 is 14.4 Å². The first-order chi connectivity index (χ1) is 17.5. The molecule has 0 aliphatic carbocycles. The molecule has 1 aliphatic rings. The van der Waals surface area contributed by atoms with E-state index in [0.717, 1.165) is 36.6 Å². The van der Waals surface area contributed by atoms with Gasteiger partial charge in [0.05, 0.1) is 11.7 Å². The van der Waals surface area contributed by atoms with Crippen molar-refractivity contribution in [1.29, 1.82) is 0 Å². The SMILES string of the molecule is CC(C)(C)[Si](C)(C)OC(c1cc(Cl)ccc1-c1ccccc1)C1CCN(c2ccc(C(=O)O)cc2)CC1. The van der Waals surface area contributed by atoms with E-state index in [1.54, 1.807) is 12.1 Å². The number of benzene rings is 3. The lowest BCUT2D eigenvalue weighted by molar-refractivity contribution is 0.0697. The third-order valence-electron chi connectivity index (χ3n) is 8.08. The summed E-state index contributed by atoms with van der Waals surface area (Å²) in [6.45, 7) is 13.3. The Hall–Kier alpha value is -2.60. The predicted molar refractivity (Wildman–Crippen MR) is 156 cm³/mol. The van der Waals surface area contributed by atoms with Crippen LogP contribution in [0.15, 0.2) is 72.8 Å². The predicted octanol–water partition coefficient (Wildman–Crippen LogP) is 8.68. The Labute approximate surface area is 227 Å². The summed E-state index contributed by atoms with van der Waals surface area (Å²) < 4.78 is 7.22. The summed E-state index contributed by atoms with van der Waals surface area (Å²) in [5.74, 6) is -0.545. The zero-order chi connectivity index (χ0) is 26.8. The monoisotopic (exact) mass is 535 g/mol. The highest BCUT2D eigenvalue weighted by Crippen LogP contribution is 2.46. The van der Waals surface area contributed by atoms with Crippen LogP contribution in [0.2, 0.25) is 23.2 Å². The van der Waals surface area contributed by atoms with Gasteiger partial charge in [-0.2, -0.15) is 0 Å². The fraction of sp³-hybridized carbons (Fsp3) is 0.387. The fourth-order valence-corrected chi connectivity index (χ4v) is 6.32. The van der Waals surface area contributed by atoms with Crippen LogP contribution in [0.1, 0.15) is 55.6 Å². The van der Waals surface area contributed by atoms with E-state index in [0.29, 0.717) is 11.5 Å². The van der Waals surface area contributed by atoms with E-state index in [1.807, 2.05) is 24.3 Å². The van der Waals surface area contributed by atoms with Gasteiger partial charge >= 0.3 is 5.97 Å². The molecule has 1 fully saturated rings. The molecule has 0 aromatic heterocycles. The molecular weight excluding hydrogens is 498 g/mol. The normalized spacial score (nSPS) is 16.0. The highest BCUT2D eigenvalue weighted by Gasteiger charge is 2.42. The summed E-state index contributed by atoms with van der Waals surface area (Å²) >= 11 is 6.59. The van der Waals surface area contributed by atoms with Crippen molar-refractivity contribution >= 4 is 31.6 Å². The molecule has 1 atom stereocenters. The van der Waals surface area contributed by atoms with Gasteiger partial charge in [0.1, 0.15) is 0 Å². The van der Waals surface area contributed by atoms with Crippen molar-refractivity contribution in [3.8, 4) is 11.1 Å². The molecule has 37 heavy (non-hydrogen) atoms. The standard InChI is InChI=1S/C31H38ClNO3Si/c1-31(2,3)37(4,5)36-29(28-21-25(32)13-16-27(28)22-9-7-6-8-10-22)23-17-19-33(20-18-23)26-14-11-24(12-15-26)30(34)35/h6-16,21,23,29H,17-20H2,1-5H3,(H,34,35). The zero-order valence-electron chi connectivity index (χ0n) is 22.5. The fourth-order valence-electron chi connectivity index (χ4n) is 4.83. The van der Waals surface area contributed by atoms with E-state index in [4.69, 9.17) is 16.0 Å². The van der Waals surface area contributed by atoms with Crippen LogP contribution in [0, 0.1) is 5.92 Å². The van der Waals surface area contributed by atoms with Crippen molar-refractivity contribution in [2.75, 3.05) is 18.0 Å². The van der Waals surface area contributed by atoms with Crippen molar-refractivity contribution < 1.29 is 14.3 Å². The van der Waals surface area contributed by atoms with E-state index in [-0.39, 0.29) is 11.1 Å². The van der Waals surface area contributed by atoms with Crippen LogP contribution in [0.5, 0.6) is 0 Å². The summed E-state index contributed by atoms with van der Waals surface area (Å²) in [6, 6.07) is 23.9. The van der Waals surface area contributed by atoms with Gasteiger partial charge in [-0.15, -0.1) is 0 Å². The van der Waals surface area contributed by atoms with Gasteiger partial charge in [0, 0.05) is 23.8 Å². The van der Waals surface area contributed by atoms with Crippen molar-refractivity contribution in [3.63, 3.8) is 0 Å². The third-order valence-corrected chi connectivity index (χ3v) is 12.8. The first-order valence-electron chi connectivity index (χ1n) is 13.1. The quantitative estimate of drug-likeness (QED) is 0.307. The molecule has 196 valence electrons. The molecule has 0 bridgehead atoms. The van der Waals surface area contributed by atoms with E-state index in [2.05, 4.69) is 75.2 Å². The minimum Gasteiger partial charge on any atom is -0.478 e. The van der Waals surface area contributed by atoms with E-state index in [1.165, 1.54) is 16.7 Å². The molecule has 4 nitrogen and oxygen atoms in total. The molecule has 1 N–H and O–H groups in total. The Morgan fingerprint density at radius 2 is 1.62 bits per heavy atom. The molecule has 1 unspecified atom stereocenters. The number of rotatable bonds is 7. The summed E-state index contributed by atoms with van der Waals surface area (Å²) in [5, 5.41) is 10.0. The average Bonchev–Trinajstić information content (AvgIpc) is 2.87. The first kappa shape index (κ1) is 27.4. The molecule has 1 aliphatic heterocycles. The molecule has 3 aromatic rings. The molecule has 4 rings (SSSR count). The van der Waals surface area contributed by atoms with Crippen LogP contribution in [0.4, 0.5) is 5.69 Å². The number of piperidine rings is 1. The molecule has 0 amide bonds. The lowest BCUT2D eigenvalue weighted by Gasteiger charge is -2.44. The summed E-state index contributed by atoms with van der Waals surface area (Å²) in [5.41, 5.74) is 4.91. The van der Waals surface area contributed by atoms with Crippen LogP contribution in [0.25, 0.3) is 11.1 Å². The Balaban J connectivity index is 1.66. The number of halogens is 1. The number of aromatic carboxylic acids is 1. The Morgan fingerprint density at radius 1 is 1.00 bits per heavy atom. The number of hydrogen-bond donors (Lipinski definition) is 1. The molecular formula is C31H38ClNO3Si. The number of carboxylic acids is 1. The molecule has 1 heterocycles. The van der Waals surface area contributed by atoms with Gasteiger partial charge in [-0.1, -0.05) is 68.8 Å². The zero-order valence-corrected chi connectivity index (χ0v) is 24.3. The lowest BCUT2D eigenvalue weighted by atomic mass is 9.84. The van der Waals surface area contributed by atoms with Gasteiger partial charge in [0.2, 0.25) is 0 Å². The number of carboxylic acid groups (broad SMARTS) is 1. The second kappa shape index (κ2) is 11.0. The first-order valence-corrected chi connectivity index (χ1v) is 16.4. The Kier molecular flexibility index (Phi) is 8.17. The van der Waals surface area contributed by atoms with Gasteiger partial charge in [-0.3, -0.25) is 0 Å². The molecule has 6 heteroatoms. The third kappa shape index (κ3) is 6.28. The van der Waals surface area contributed by atoms with E-state index >= 15 is 0 Å². The van der Waals surface area contributed by atoms with Crippen LogP contribution < -0.4 is 4.90 Å². The second-order valence-electron chi connectivity index (χ2n) is 11.6. The van der Waals surface area contributed by atoms with Gasteiger partial charge in [-0.05, 0) is 90.0 Å². The number of hydrogen-bond acceptors (Lipinski definition) is 3. The highest BCUT2D eigenvalue weighted by atomic mass is 35.5. The van der Waals surface area contributed by atoms with E-state index < -0.39 is 14.3 Å². The maximum absolute atomic E-state index is 11.2. The largest absolute Gasteiger partial charge is 0.478 e. The second-order valence-corrected chi connectivity index (χ2v) is 16.8. The highest BCUT2D eigenvalue weighted by molar-refractivity contribution is 6.74. The van der Waals surface area contributed by atoms with E-state index in [9.17, 15) is 9.90 Å². The topological polar surface area (TPSA) is 49.8 Å². The average molecular weight is 536 g/mol. The van der Waals surface area contributed by atoms with Crippen molar-refractivity contribution in [2.45, 2.75) is 57.8 Å². The van der Waals surface area contributed by atoms with Gasteiger partial charge in [-0.25, -0.2) is 4.79 Å². The molecule has 3 aromatic carbocycles. The Bertz CT molecular complexity index is 1210. The van der Waals surface area contributed by atoms with Crippen LogP contribution in [0.3, 0.4) is 0 Å². The van der Waals surface area contributed by atoms with Crippen molar-refractivity contribution in [3.05, 3.63) is 88.9 Å². The summed E-state index contributed by atoms with van der Waals surface area (Å²) in [4.78, 5) is 13.6. The molecule has 0 saturated carbocycles. The van der Waals surface area contributed by atoms with Gasteiger partial charge in [0.15, 0.2) is 8.32 Å². The maximum Gasteiger partial charge on any atom is 0.335 e.